The Balaban J connectivity index is 1.85. The van der Waals surface area contributed by atoms with Crippen molar-refractivity contribution in [2.75, 3.05) is 16.8 Å². The summed E-state index contributed by atoms with van der Waals surface area (Å²) < 4.78 is 0. The molecule has 26 heavy (non-hydrogen) atoms. The van der Waals surface area contributed by atoms with Gasteiger partial charge in [0.2, 0.25) is 11.9 Å². The second-order valence-electron chi connectivity index (χ2n) is 6.26. The molecule has 0 unspecified atom stereocenters. The van der Waals surface area contributed by atoms with E-state index in [4.69, 9.17) is 0 Å². The Morgan fingerprint density at radius 3 is 2.27 bits per heavy atom. The summed E-state index contributed by atoms with van der Waals surface area (Å²) in [5.74, 6) is 2.00. The summed E-state index contributed by atoms with van der Waals surface area (Å²) in [7, 11) is 0. The fourth-order valence-electron chi connectivity index (χ4n) is 2.72. The van der Waals surface area contributed by atoms with Crippen molar-refractivity contribution in [3.8, 4) is 0 Å². The van der Waals surface area contributed by atoms with E-state index in [1.165, 1.54) is 5.56 Å². The van der Waals surface area contributed by atoms with Crippen molar-refractivity contribution >= 4 is 17.6 Å². The molecule has 3 rings (SSSR count). The Labute approximate surface area is 155 Å². The molecule has 0 aliphatic rings. The first-order valence-corrected chi connectivity index (χ1v) is 9.08. The maximum atomic E-state index is 4.67. The van der Waals surface area contributed by atoms with E-state index in [-0.39, 0.29) is 0 Å². The van der Waals surface area contributed by atoms with Crippen LogP contribution in [0.3, 0.4) is 0 Å². The largest absolute Gasteiger partial charge is 0.336 e. The number of benzene rings is 2. The van der Waals surface area contributed by atoms with Crippen molar-refractivity contribution in [3.05, 3.63) is 72.1 Å². The topological polar surface area (TPSA) is 53.9 Å². The van der Waals surface area contributed by atoms with E-state index in [0.29, 0.717) is 17.7 Å². The van der Waals surface area contributed by atoms with Crippen LogP contribution < -0.4 is 10.2 Å². The third-order valence-electron chi connectivity index (χ3n) is 4.05. The van der Waals surface area contributed by atoms with Crippen LogP contribution in [-0.4, -0.2) is 21.5 Å². The van der Waals surface area contributed by atoms with E-state index in [0.717, 1.165) is 31.6 Å². The van der Waals surface area contributed by atoms with Crippen LogP contribution in [0.15, 0.2) is 60.7 Å². The molecule has 0 atom stereocenters. The van der Waals surface area contributed by atoms with E-state index in [1.54, 1.807) is 0 Å². The quantitative estimate of drug-likeness (QED) is 0.638. The van der Waals surface area contributed by atoms with E-state index >= 15 is 0 Å². The molecule has 1 heterocycles. The lowest BCUT2D eigenvalue weighted by Gasteiger charge is -2.23. The highest BCUT2D eigenvalue weighted by Gasteiger charge is 2.13. The van der Waals surface area contributed by atoms with Crippen LogP contribution in [0, 0.1) is 6.92 Å². The molecule has 0 radical (unpaired) electrons. The lowest BCUT2D eigenvalue weighted by atomic mass is 10.2. The highest BCUT2D eigenvalue weighted by molar-refractivity contribution is 5.53. The van der Waals surface area contributed by atoms with E-state index in [9.17, 15) is 0 Å². The lowest BCUT2D eigenvalue weighted by Crippen LogP contribution is -2.26. The molecule has 1 aromatic heterocycles. The smallest absolute Gasteiger partial charge is 0.232 e. The number of unbranched alkanes of at least 4 members (excludes halogenated alkanes) is 1. The molecule has 0 aliphatic heterocycles. The maximum absolute atomic E-state index is 4.67. The van der Waals surface area contributed by atoms with Crippen LogP contribution in [0.4, 0.5) is 17.6 Å². The van der Waals surface area contributed by atoms with Crippen molar-refractivity contribution < 1.29 is 0 Å². The van der Waals surface area contributed by atoms with Crippen LogP contribution in [-0.2, 0) is 6.54 Å². The molecule has 0 bridgehead atoms. The van der Waals surface area contributed by atoms with Crippen LogP contribution in [0.2, 0.25) is 0 Å². The fraction of sp³-hybridized carbons (Fsp3) is 0.286. The predicted octanol–water partition coefficient (Wildman–Crippen LogP) is 4.73. The minimum absolute atomic E-state index is 0.577. The Hall–Kier alpha value is -2.95. The third kappa shape index (κ3) is 5.02. The van der Waals surface area contributed by atoms with Crippen molar-refractivity contribution in [2.45, 2.75) is 33.2 Å². The minimum atomic E-state index is 0.577. The van der Waals surface area contributed by atoms with E-state index in [2.05, 4.69) is 56.4 Å². The number of aromatic nitrogens is 3. The Morgan fingerprint density at radius 2 is 1.58 bits per heavy atom. The van der Waals surface area contributed by atoms with Gasteiger partial charge in [-0.2, -0.15) is 15.0 Å². The summed E-state index contributed by atoms with van der Waals surface area (Å²) in [5.41, 5.74) is 2.21. The molecule has 0 fully saturated rings. The number of rotatable bonds is 8. The number of nitrogens with one attached hydrogen (secondary N) is 1. The molecule has 0 saturated heterocycles. The van der Waals surface area contributed by atoms with Crippen molar-refractivity contribution in [2.24, 2.45) is 0 Å². The Bertz CT molecular complexity index is 805. The number of nitrogens with zero attached hydrogens (tertiary/aromatic N) is 4. The zero-order chi connectivity index (χ0) is 18.2. The SMILES string of the molecule is CCCCN(Cc1ccccc1)c1nc(C)nc(Nc2ccccc2)n1. The zero-order valence-electron chi connectivity index (χ0n) is 15.4. The summed E-state index contributed by atoms with van der Waals surface area (Å²) in [6.45, 7) is 5.80. The molecule has 0 spiro atoms. The predicted molar refractivity (Wildman–Crippen MR) is 107 cm³/mol. The number of anilines is 3. The van der Waals surface area contributed by atoms with Crippen LogP contribution in [0.25, 0.3) is 0 Å². The number of hydrogen-bond acceptors (Lipinski definition) is 5. The lowest BCUT2D eigenvalue weighted by molar-refractivity contribution is 0.692. The first-order valence-electron chi connectivity index (χ1n) is 9.08. The molecule has 134 valence electrons. The van der Waals surface area contributed by atoms with Gasteiger partial charge in [-0.25, -0.2) is 0 Å². The van der Waals surface area contributed by atoms with E-state index in [1.807, 2.05) is 43.3 Å². The van der Waals surface area contributed by atoms with Crippen molar-refractivity contribution in [3.63, 3.8) is 0 Å². The third-order valence-corrected chi connectivity index (χ3v) is 4.05. The highest BCUT2D eigenvalue weighted by Crippen LogP contribution is 2.18. The molecule has 5 nitrogen and oxygen atoms in total. The number of aryl methyl sites for hydroxylation is 1. The van der Waals surface area contributed by atoms with Gasteiger partial charge in [0.25, 0.3) is 0 Å². The summed E-state index contributed by atoms with van der Waals surface area (Å²) in [4.78, 5) is 15.9. The molecule has 5 heteroatoms. The van der Waals surface area contributed by atoms with Gasteiger partial charge in [0, 0.05) is 18.8 Å². The summed E-state index contributed by atoms with van der Waals surface area (Å²) in [6, 6.07) is 20.4. The van der Waals surface area contributed by atoms with Gasteiger partial charge < -0.3 is 10.2 Å². The van der Waals surface area contributed by atoms with E-state index < -0.39 is 0 Å². The zero-order valence-corrected chi connectivity index (χ0v) is 15.4. The monoisotopic (exact) mass is 347 g/mol. The van der Waals surface area contributed by atoms with Gasteiger partial charge in [0.15, 0.2) is 0 Å². The summed E-state index contributed by atoms with van der Waals surface area (Å²) in [5, 5.41) is 3.27. The second kappa shape index (κ2) is 8.94. The Morgan fingerprint density at radius 1 is 0.885 bits per heavy atom. The van der Waals surface area contributed by atoms with Crippen LogP contribution in [0.1, 0.15) is 31.2 Å². The van der Waals surface area contributed by atoms with Gasteiger partial charge in [-0.05, 0) is 31.0 Å². The summed E-state index contributed by atoms with van der Waals surface area (Å²) in [6.07, 6.45) is 2.23. The standard InChI is InChI=1S/C21H25N5/c1-3-4-15-26(16-18-11-7-5-8-12-18)21-23-17(2)22-20(25-21)24-19-13-9-6-10-14-19/h5-14H,3-4,15-16H2,1-2H3,(H,22,23,24,25). The van der Waals surface area contributed by atoms with Crippen molar-refractivity contribution in [1.29, 1.82) is 0 Å². The maximum Gasteiger partial charge on any atom is 0.232 e. The fourth-order valence-corrected chi connectivity index (χ4v) is 2.72. The second-order valence-corrected chi connectivity index (χ2v) is 6.26. The number of hydrogen-bond donors (Lipinski definition) is 1. The molecular weight excluding hydrogens is 322 g/mol. The molecule has 0 saturated carbocycles. The molecule has 0 aliphatic carbocycles. The first kappa shape index (κ1) is 17.9. The van der Waals surface area contributed by atoms with Crippen LogP contribution in [0.5, 0.6) is 0 Å². The Kier molecular flexibility index (Phi) is 6.14. The number of para-hydroxylation sites is 1. The first-order chi connectivity index (χ1) is 12.7. The molecule has 1 N–H and O–H groups in total. The molecule has 3 aromatic rings. The highest BCUT2D eigenvalue weighted by atomic mass is 15.3. The molecule has 2 aromatic carbocycles. The van der Waals surface area contributed by atoms with Gasteiger partial charge in [0.05, 0.1) is 0 Å². The normalized spacial score (nSPS) is 10.5. The van der Waals surface area contributed by atoms with Crippen LogP contribution >= 0.6 is 0 Å². The van der Waals surface area contributed by atoms with Gasteiger partial charge in [-0.1, -0.05) is 61.9 Å². The van der Waals surface area contributed by atoms with Gasteiger partial charge in [-0.15, -0.1) is 0 Å². The molecular formula is C21H25N5. The average Bonchev–Trinajstić information content (AvgIpc) is 2.66. The van der Waals surface area contributed by atoms with Gasteiger partial charge >= 0.3 is 0 Å². The van der Waals surface area contributed by atoms with Gasteiger partial charge in [0.1, 0.15) is 5.82 Å². The average molecular weight is 347 g/mol. The van der Waals surface area contributed by atoms with Gasteiger partial charge in [-0.3, -0.25) is 0 Å². The molecule has 0 amide bonds. The summed E-state index contributed by atoms with van der Waals surface area (Å²) >= 11 is 0. The minimum Gasteiger partial charge on any atom is -0.336 e. The van der Waals surface area contributed by atoms with Crippen molar-refractivity contribution in [1.82, 2.24) is 15.0 Å².